The number of aliphatic hydroxyl groups is 1. The number of aliphatic hydroxyl groups excluding tert-OH is 1. The Hall–Kier alpha value is -2.20. The van der Waals surface area contributed by atoms with Crippen molar-refractivity contribution in [1.82, 2.24) is 10.2 Å². The molecule has 10 heteroatoms. The summed E-state index contributed by atoms with van der Waals surface area (Å²) in [6, 6.07) is -0.705. The average Bonchev–Trinajstić information content (AvgIpc) is 2.76. The molecular formula is C13H18N2O8. The van der Waals surface area contributed by atoms with Gasteiger partial charge in [0.25, 0.3) is 0 Å². The Bertz CT molecular complexity index is 522. The van der Waals surface area contributed by atoms with Crippen molar-refractivity contribution in [2.45, 2.75) is 44.8 Å². The molecule has 2 N–H and O–H groups in total. The number of imide groups is 1. The Morgan fingerprint density at radius 1 is 1.26 bits per heavy atom. The molecule has 4 unspecified atom stereocenters. The average molecular weight is 330 g/mol. The minimum atomic E-state index is -1.10. The summed E-state index contributed by atoms with van der Waals surface area (Å²) in [4.78, 5) is 46.9. The quantitative estimate of drug-likeness (QED) is 0.596. The second kappa shape index (κ2) is 6.92. The van der Waals surface area contributed by atoms with Crippen molar-refractivity contribution in [2.24, 2.45) is 0 Å². The van der Waals surface area contributed by atoms with Gasteiger partial charge in [-0.25, -0.2) is 4.79 Å². The van der Waals surface area contributed by atoms with Crippen LogP contribution in [0.1, 0.15) is 20.3 Å². The van der Waals surface area contributed by atoms with Crippen LogP contribution < -0.4 is 5.32 Å². The number of nitrogens with zero attached hydrogens (tertiary/aromatic N) is 1. The fourth-order valence-corrected chi connectivity index (χ4v) is 2.58. The van der Waals surface area contributed by atoms with E-state index in [9.17, 15) is 24.3 Å². The third kappa shape index (κ3) is 3.77. The highest BCUT2D eigenvalue weighted by Crippen LogP contribution is 2.30. The highest BCUT2D eigenvalue weighted by Gasteiger charge is 2.52. The third-order valence-corrected chi connectivity index (χ3v) is 3.46. The summed E-state index contributed by atoms with van der Waals surface area (Å²) in [6.07, 6.45) is -4.14. The van der Waals surface area contributed by atoms with Crippen LogP contribution in [0.25, 0.3) is 0 Å². The molecule has 0 saturated carbocycles. The van der Waals surface area contributed by atoms with Crippen LogP contribution in [0.15, 0.2) is 0 Å². The Morgan fingerprint density at radius 3 is 2.39 bits per heavy atom. The van der Waals surface area contributed by atoms with Crippen molar-refractivity contribution in [3.05, 3.63) is 0 Å². The summed E-state index contributed by atoms with van der Waals surface area (Å²) in [5.74, 6) is -1.73. The Balaban J connectivity index is 2.25. The number of hydrogen-bond acceptors (Lipinski definition) is 8. The van der Waals surface area contributed by atoms with Crippen LogP contribution in [0.2, 0.25) is 0 Å². The number of urea groups is 1. The standard InChI is InChI=1S/C13H18N2O8/c1-6(17)21-10-8(5-16)23-12(11(10)22-7(2)18)15-4-3-9(19)14-13(15)20/h8,10-12,16H,3-5H2,1-2H3,(H,14,19,20). The Labute approximate surface area is 131 Å². The molecule has 4 atom stereocenters. The Morgan fingerprint density at radius 2 is 1.87 bits per heavy atom. The second-order valence-corrected chi connectivity index (χ2v) is 5.19. The molecule has 23 heavy (non-hydrogen) atoms. The molecule has 128 valence electrons. The summed E-state index contributed by atoms with van der Waals surface area (Å²) in [5, 5.41) is 11.5. The summed E-state index contributed by atoms with van der Waals surface area (Å²) in [6.45, 7) is 1.88. The Kier molecular flexibility index (Phi) is 5.16. The molecule has 3 amide bonds. The van der Waals surface area contributed by atoms with Crippen LogP contribution >= 0.6 is 0 Å². The zero-order chi connectivity index (χ0) is 17.1. The van der Waals surface area contributed by atoms with Crippen LogP contribution in [0.3, 0.4) is 0 Å². The second-order valence-electron chi connectivity index (χ2n) is 5.19. The monoisotopic (exact) mass is 330 g/mol. The smallest absolute Gasteiger partial charge is 0.326 e. The molecule has 0 aromatic carbocycles. The van der Waals surface area contributed by atoms with E-state index in [1.54, 1.807) is 0 Å². The van der Waals surface area contributed by atoms with Crippen molar-refractivity contribution >= 4 is 23.9 Å². The largest absolute Gasteiger partial charge is 0.456 e. The first kappa shape index (κ1) is 17.2. The third-order valence-electron chi connectivity index (χ3n) is 3.46. The van der Waals surface area contributed by atoms with Gasteiger partial charge in [0.05, 0.1) is 6.61 Å². The lowest BCUT2D eigenvalue weighted by molar-refractivity contribution is -0.167. The number of amides is 3. The molecule has 0 aromatic heterocycles. The van der Waals surface area contributed by atoms with Gasteiger partial charge in [-0.1, -0.05) is 0 Å². The lowest BCUT2D eigenvalue weighted by Crippen LogP contribution is -2.57. The van der Waals surface area contributed by atoms with Gasteiger partial charge >= 0.3 is 18.0 Å². The number of carbonyl (C=O) groups excluding carboxylic acids is 4. The van der Waals surface area contributed by atoms with E-state index in [0.717, 1.165) is 6.92 Å². The number of rotatable bonds is 4. The molecule has 2 aliphatic heterocycles. The van der Waals surface area contributed by atoms with Crippen LogP contribution in [0.4, 0.5) is 4.79 Å². The maximum Gasteiger partial charge on any atom is 0.326 e. The molecule has 2 fully saturated rings. The van der Waals surface area contributed by atoms with Gasteiger partial charge in [-0.2, -0.15) is 0 Å². The lowest BCUT2D eigenvalue weighted by atomic mass is 10.1. The van der Waals surface area contributed by atoms with E-state index in [1.165, 1.54) is 11.8 Å². The van der Waals surface area contributed by atoms with E-state index in [2.05, 4.69) is 5.32 Å². The van der Waals surface area contributed by atoms with E-state index < -0.39 is 55.0 Å². The van der Waals surface area contributed by atoms with Crippen LogP contribution in [0, 0.1) is 0 Å². The van der Waals surface area contributed by atoms with Crippen molar-refractivity contribution in [2.75, 3.05) is 13.2 Å². The van der Waals surface area contributed by atoms with E-state index in [4.69, 9.17) is 14.2 Å². The minimum absolute atomic E-state index is 0.0536. The predicted octanol–water partition coefficient (Wildman–Crippen LogP) is -1.49. The first-order chi connectivity index (χ1) is 10.8. The number of esters is 2. The molecule has 10 nitrogen and oxygen atoms in total. The number of hydrogen-bond donors (Lipinski definition) is 2. The van der Waals surface area contributed by atoms with Crippen molar-refractivity contribution in [1.29, 1.82) is 0 Å². The first-order valence-electron chi connectivity index (χ1n) is 7.04. The predicted molar refractivity (Wildman–Crippen MR) is 71.7 cm³/mol. The maximum atomic E-state index is 12.0. The number of ether oxygens (including phenoxy) is 3. The maximum absolute atomic E-state index is 12.0. The van der Waals surface area contributed by atoms with Crippen LogP contribution in [0.5, 0.6) is 0 Å². The zero-order valence-corrected chi connectivity index (χ0v) is 12.7. The molecule has 2 heterocycles. The number of carbonyl (C=O) groups is 4. The van der Waals surface area contributed by atoms with Crippen LogP contribution in [-0.4, -0.2) is 71.6 Å². The molecule has 0 aromatic rings. The summed E-state index contributed by atoms with van der Waals surface area (Å²) in [5.41, 5.74) is 0. The summed E-state index contributed by atoms with van der Waals surface area (Å²) in [7, 11) is 0. The molecule has 0 spiro atoms. The van der Waals surface area contributed by atoms with Crippen molar-refractivity contribution < 1.29 is 38.5 Å². The topological polar surface area (TPSA) is 131 Å². The fraction of sp³-hybridized carbons (Fsp3) is 0.692. The summed E-state index contributed by atoms with van der Waals surface area (Å²) < 4.78 is 15.8. The van der Waals surface area contributed by atoms with Crippen LogP contribution in [-0.2, 0) is 28.6 Å². The van der Waals surface area contributed by atoms with E-state index in [-0.39, 0.29) is 13.0 Å². The molecule has 0 bridgehead atoms. The van der Waals surface area contributed by atoms with E-state index in [1.807, 2.05) is 0 Å². The van der Waals surface area contributed by atoms with Gasteiger partial charge in [-0.3, -0.25) is 24.6 Å². The molecule has 0 aliphatic carbocycles. The zero-order valence-electron chi connectivity index (χ0n) is 12.7. The molecule has 2 rings (SSSR count). The summed E-state index contributed by atoms with van der Waals surface area (Å²) >= 11 is 0. The highest BCUT2D eigenvalue weighted by atomic mass is 16.6. The normalized spacial score (nSPS) is 30.8. The molecule has 0 radical (unpaired) electrons. The van der Waals surface area contributed by atoms with Gasteiger partial charge in [0.15, 0.2) is 18.4 Å². The van der Waals surface area contributed by atoms with Crippen molar-refractivity contribution in [3.63, 3.8) is 0 Å². The molecule has 2 saturated heterocycles. The number of nitrogens with one attached hydrogen (secondary N) is 1. The van der Waals surface area contributed by atoms with Gasteiger partial charge in [0.2, 0.25) is 5.91 Å². The highest BCUT2D eigenvalue weighted by molar-refractivity contribution is 5.96. The fourth-order valence-electron chi connectivity index (χ4n) is 2.58. The van der Waals surface area contributed by atoms with E-state index >= 15 is 0 Å². The van der Waals surface area contributed by atoms with Gasteiger partial charge in [0.1, 0.15) is 6.10 Å². The van der Waals surface area contributed by atoms with Gasteiger partial charge in [-0.15, -0.1) is 0 Å². The lowest BCUT2D eigenvalue weighted by Gasteiger charge is -2.34. The molecular weight excluding hydrogens is 312 g/mol. The van der Waals surface area contributed by atoms with E-state index in [0.29, 0.717) is 0 Å². The molecule has 2 aliphatic rings. The van der Waals surface area contributed by atoms with Gasteiger partial charge < -0.3 is 19.3 Å². The SMILES string of the molecule is CC(=O)OC1C(CO)OC(N2CCC(=O)NC2=O)C1OC(C)=O. The van der Waals surface area contributed by atoms with Gasteiger partial charge in [-0.05, 0) is 0 Å². The van der Waals surface area contributed by atoms with Crippen molar-refractivity contribution in [3.8, 4) is 0 Å². The minimum Gasteiger partial charge on any atom is -0.456 e. The first-order valence-corrected chi connectivity index (χ1v) is 7.04. The van der Waals surface area contributed by atoms with Gasteiger partial charge in [0, 0.05) is 26.8 Å².